The molecule has 1 atom stereocenters. The monoisotopic (exact) mass is 490 g/mol. The highest BCUT2D eigenvalue weighted by molar-refractivity contribution is 9.10. The van der Waals surface area contributed by atoms with Crippen LogP contribution in [0.1, 0.15) is 53.2 Å². The molecule has 1 aromatic heterocycles. The van der Waals surface area contributed by atoms with Gasteiger partial charge >= 0.3 is 0 Å². The van der Waals surface area contributed by atoms with Gasteiger partial charge in [-0.2, -0.15) is 5.26 Å². The molecule has 5 nitrogen and oxygen atoms in total. The summed E-state index contributed by atoms with van der Waals surface area (Å²) in [7, 11) is 0. The Hall–Kier alpha value is -2.76. The van der Waals surface area contributed by atoms with E-state index in [1.54, 1.807) is 12.1 Å². The van der Waals surface area contributed by atoms with E-state index in [2.05, 4.69) is 20.9 Å². The zero-order valence-corrected chi connectivity index (χ0v) is 18.2. The third-order valence-electron chi connectivity index (χ3n) is 4.97. The van der Waals surface area contributed by atoms with Crippen LogP contribution in [-0.4, -0.2) is 15.5 Å². The van der Waals surface area contributed by atoms with Crippen LogP contribution in [0.2, 0.25) is 5.02 Å². The fourth-order valence-corrected chi connectivity index (χ4v) is 4.63. The second kappa shape index (κ2) is 7.49. The molecular formula is C21H14BrClF2N4O. The number of hydrogen-bond acceptors (Lipinski definition) is 3. The highest BCUT2D eigenvalue weighted by Crippen LogP contribution is 2.44. The van der Waals surface area contributed by atoms with E-state index in [0.29, 0.717) is 21.7 Å². The largest absolute Gasteiger partial charge is 0.317 e. The molecule has 152 valence electrons. The number of anilines is 1. The van der Waals surface area contributed by atoms with Gasteiger partial charge in [0.2, 0.25) is 0 Å². The Morgan fingerprint density at radius 2 is 1.93 bits per heavy atom. The lowest BCUT2D eigenvalue weighted by atomic mass is 10.0. The number of carbonyl (C=O) groups is 1. The molecule has 0 fully saturated rings. The maximum Gasteiger partial charge on any atom is 0.279 e. The summed E-state index contributed by atoms with van der Waals surface area (Å²) in [5.74, 6) is -1.72. The minimum atomic E-state index is -0.738. The van der Waals surface area contributed by atoms with E-state index in [0.717, 1.165) is 0 Å². The first-order valence-corrected chi connectivity index (χ1v) is 10.2. The minimum absolute atomic E-state index is 0.0501. The first kappa shape index (κ1) is 20.5. The third-order valence-corrected chi connectivity index (χ3v) is 5.82. The molecule has 1 unspecified atom stereocenters. The highest BCUT2D eigenvalue weighted by Gasteiger charge is 2.44. The van der Waals surface area contributed by atoms with Gasteiger partial charge in [0.05, 0.1) is 16.3 Å². The first-order valence-electron chi connectivity index (χ1n) is 9.00. The SMILES string of the molecule is CC(C)n1c(Br)nc2c1C(c1ccc(C#N)c(F)c1)N(c1ccc(F)c(Cl)c1)C2=O. The average Bonchev–Trinajstić information content (AvgIpc) is 3.17. The molecule has 2 aromatic carbocycles. The first-order chi connectivity index (χ1) is 14.2. The molecule has 1 amide bonds. The molecule has 3 aromatic rings. The van der Waals surface area contributed by atoms with Crippen molar-refractivity contribution in [2.24, 2.45) is 0 Å². The molecule has 0 N–H and O–H groups in total. The van der Waals surface area contributed by atoms with Crippen molar-refractivity contribution in [2.45, 2.75) is 25.9 Å². The fourth-order valence-electron chi connectivity index (χ4n) is 3.68. The number of nitrogens with zero attached hydrogens (tertiary/aromatic N) is 4. The number of aromatic nitrogens is 2. The lowest BCUT2D eigenvalue weighted by molar-refractivity contribution is 0.0989. The maximum absolute atomic E-state index is 14.5. The summed E-state index contributed by atoms with van der Waals surface area (Å²) in [6.45, 7) is 3.87. The van der Waals surface area contributed by atoms with Crippen LogP contribution in [0.5, 0.6) is 0 Å². The molecule has 0 bridgehead atoms. The van der Waals surface area contributed by atoms with Crippen LogP contribution in [0.3, 0.4) is 0 Å². The summed E-state index contributed by atoms with van der Waals surface area (Å²) in [5, 5.41) is 8.92. The predicted octanol–water partition coefficient (Wildman–Crippen LogP) is 5.78. The molecule has 0 saturated heterocycles. The van der Waals surface area contributed by atoms with E-state index < -0.39 is 23.6 Å². The van der Waals surface area contributed by atoms with Gasteiger partial charge in [0, 0.05) is 11.7 Å². The van der Waals surface area contributed by atoms with Gasteiger partial charge in [0.1, 0.15) is 23.7 Å². The van der Waals surface area contributed by atoms with Gasteiger partial charge in [0.15, 0.2) is 10.4 Å². The Bertz CT molecular complexity index is 1230. The van der Waals surface area contributed by atoms with Gasteiger partial charge in [-0.3, -0.25) is 9.69 Å². The van der Waals surface area contributed by atoms with E-state index in [1.165, 1.54) is 35.2 Å². The van der Waals surface area contributed by atoms with Crippen LogP contribution in [-0.2, 0) is 0 Å². The lowest BCUT2D eigenvalue weighted by Gasteiger charge is -2.28. The Balaban J connectivity index is 1.98. The van der Waals surface area contributed by atoms with Gasteiger partial charge < -0.3 is 4.57 Å². The molecule has 2 heterocycles. The number of amides is 1. The maximum atomic E-state index is 14.5. The Labute approximate surface area is 184 Å². The molecule has 0 saturated carbocycles. The highest BCUT2D eigenvalue weighted by atomic mass is 79.9. The van der Waals surface area contributed by atoms with Gasteiger partial charge in [-0.25, -0.2) is 13.8 Å². The van der Waals surface area contributed by atoms with E-state index in [9.17, 15) is 13.6 Å². The van der Waals surface area contributed by atoms with Crippen molar-refractivity contribution in [3.63, 3.8) is 0 Å². The topological polar surface area (TPSA) is 61.9 Å². The quantitative estimate of drug-likeness (QED) is 0.467. The fraction of sp³-hybridized carbons (Fsp3) is 0.190. The van der Waals surface area contributed by atoms with Crippen LogP contribution in [0.15, 0.2) is 41.1 Å². The Morgan fingerprint density at radius 1 is 1.20 bits per heavy atom. The van der Waals surface area contributed by atoms with Crippen molar-refractivity contribution in [3.8, 4) is 6.07 Å². The number of nitriles is 1. The van der Waals surface area contributed by atoms with Crippen molar-refractivity contribution < 1.29 is 13.6 Å². The average molecular weight is 492 g/mol. The number of benzene rings is 2. The van der Waals surface area contributed by atoms with Crippen LogP contribution >= 0.6 is 27.5 Å². The minimum Gasteiger partial charge on any atom is -0.317 e. The van der Waals surface area contributed by atoms with Crippen LogP contribution in [0.25, 0.3) is 0 Å². The summed E-state index contributed by atoms with van der Waals surface area (Å²) in [6.07, 6.45) is 0. The standard InChI is InChI=1S/C21H14BrClF2N4O/c1-10(2)28-19-17(27-21(28)22)20(30)29(13-5-6-15(24)14(23)8-13)18(19)11-3-4-12(9-26)16(25)7-11/h3-8,10,18H,1-2H3. The summed E-state index contributed by atoms with van der Waals surface area (Å²) < 4.78 is 30.5. The van der Waals surface area contributed by atoms with E-state index in [1.807, 2.05) is 18.4 Å². The lowest BCUT2D eigenvalue weighted by Crippen LogP contribution is -2.30. The summed E-state index contributed by atoms with van der Waals surface area (Å²) in [4.78, 5) is 19.1. The zero-order valence-electron chi connectivity index (χ0n) is 15.8. The summed E-state index contributed by atoms with van der Waals surface area (Å²) >= 11 is 9.35. The van der Waals surface area contributed by atoms with Gasteiger partial charge in [-0.1, -0.05) is 17.7 Å². The van der Waals surface area contributed by atoms with Gasteiger partial charge in [0.25, 0.3) is 5.91 Å². The van der Waals surface area contributed by atoms with Crippen molar-refractivity contribution in [1.29, 1.82) is 5.26 Å². The second-order valence-corrected chi connectivity index (χ2v) is 8.22. The summed E-state index contributed by atoms with van der Waals surface area (Å²) in [5.41, 5.74) is 1.49. The molecule has 9 heteroatoms. The number of fused-ring (bicyclic) bond motifs is 1. The predicted molar refractivity (Wildman–Crippen MR) is 111 cm³/mol. The normalized spacial score (nSPS) is 15.6. The Kier molecular flexibility index (Phi) is 5.12. The second-order valence-electron chi connectivity index (χ2n) is 7.11. The molecule has 1 aliphatic heterocycles. The zero-order chi connectivity index (χ0) is 21.7. The third kappa shape index (κ3) is 3.09. The Morgan fingerprint density at radius 3 is 2.53 bits per heavy atom. The van der Waals surface area contributed by atoms with Crippen molar-refractivity contribution >= 4 is 39.1 Å². The molecule has 4 rings (SSSR count). The van der Waals surface area contributed by atoms with Crippen LogP contribution in [0.4, 0.5) is 14.5 Å². The van der Waals surface area contributed by atoms with Crippen molar-refractivity contribution in [1.82, 2.24) is 9.55 Å². The summed E-state index contributed by atoms with van der Waals surface area (Å²) in [6, 6.07) is 9.16. The van der Waals surface area contributed by atoms with Crippen LogP contribution in [0, 0.1) is 23.0 Å². The van der Waals surface area contributed by atoms with E-state index >= 15 is 0 Å². The number of halogens is 4. The van der Waals surface area contributed by atoms with Gasteiger partial charge in [-0.15, -0.1) is 0 Å². The number of imidazole rings is 1. The molecule has 0 radical (unpaired) electrons. The molecule has 0 spiro atoms. The van der Waals surface area contributed by atoms with E-state index in [-0.39, 0.29) is 22.3 Å². The smallest absolute Gasteiger partial charge is 0.279 e. The number of carbonyl (C=O) groups excluding carboxylic acids is 1. The number of hydrogen-bond donors (Lipinski definition) is 0. The van der Waals surface area contributed by atoms with Crippen molar-refractivity contribution in [2.75, 3.05) is 4.90 Å². The van der Waals surface area contributed by atoms with Crippen LogP contribution < -0.4 is 4.90 Å². The van der Waals surface area contributed by atoms with Crippen molar-refractivity contribution in [3.05, 3.63) is 80.3 Å². The van der Waals surface area contributed by atoms with E-state index in [4.69, 9.17) is 16.9 Å². The molecule has 30 heavy (non-hydrogen) atoms. The molecule has 0 aliphatic carbocycles. The van der Waals surface area contributed by atoms with Gasteiger partial charge in [-0.05, 0) is 65.7 Å². The molecular weight excluding hydrogens is 478 g/mol. The number of rotatable bonds is 3. The molecule has 1 aliphatic rings.